The van der Waals surface area contributed by atoms with Crippen molar-refractivity contribution in [1.82, 2.24) is 15.1 Å². The van der Waals surface area contributed by atoms with Crippen LogP contribution in [-0.4, -0.2) is 88.6 Å². The molecule has 1 aromatic carbocycles. The molecule has 3 saturated heterocycles. The summed E-state index contributed by atoms with van der Waals surface area (Å²) in [5.74, 6) is -2.79. The highest BCUT2D eigenvalue weighted by atomic mass is 16.6. The molecule has 1 spiro atoms. The van der Waals surface area contributed by atoms with E-state index in [9.17, 15) is 24.3 Å². The van der Waals surface area contributed by atoms with Gasteiger partial charge in [-0.3, -0.25) is 19.2 Å². The summed E-state index contributed by atoms with van der Waals surface area (Å²) in [6.45, 7) is 8.48. The summed E-state index contributed by atoms with van der Waals surface area (Å²) in [7, 11) is 0. The van der Waals surface area contributed by atoms with Gasteiger partial charge in [0, 0.05) is 32.2 Å². The topological polar surface area (TPSA) is 125 Å². The molecule has 0 unspecified atom stereocenters. The number of ether oxygens (including phenoxy) is 2. The molecular formula is C37H51N3O7. The number of hydrogen-bond donors (Lipinski definition) is 2. The van der Waals surface area contributed by atoms with Crippen LogP contribution in [0.1, 0.15) is 88.7 Å². The molecular weight excluding hydrogens is 598 g/mol. The first-order chi connectivity index (χ1) is 22.9. The fraction of sp³-hybridized carbons (Fsp3) is 0.622. The first-order valence-electron chi connectivity index (χ1n) is 17.5. The first-order valence-corrected chi connectivity index (χ1v) is 17.5. The Labute approximate surface area is 278 Å². The van der Waals surface area contributed by atoms with Crippen molar-refractivity contribution in [2.75, 3.05) is 26.2 Å². The van der Waals surface area contributed by atoms with Crippen LogP contribution in [0.3, 0.4) is 0 Å². The van der Waals surface area contributed by atoms with E-state index in [1.54, 1.807) is 17.1 Å². The van der Waals surface area contributed by atoms with Gasteiger partial charge in [-0.25, -0.2) is 0 Å². The highest BCUT2D eigenvalue weighted by molar-refractivity contribution is 5.98. The Morgan fingerprint density at radius 2 is 1.85 bits per heavy atom. The van der Waals surface area contributed by atoms with E-state index in [4.69, 9.17) is 9.47 Å². The third-order valence-corrected chi connectivity index (χ3v) is 10.5. The van der Waals surface area contributed by atoms with Gasteiger partial charge in [-0.1, -0.05) is 61.7 Å². The van der Waals surface area contributed by atoms with Crippen molar-refractivity contribution < 1.29 is 33.8 Å². The summed E-state index contributed by atoms with van der Waals surface area (Å²) in [5.41, 5.74) is -0.387. The Kier molecular flexibility index (Phi) is 11.9. The number of aliphatic hydroxyl groups excluding tert-OH is 1. The molecule has 10 heteroatoms. The zero-order valence-electron chi connectivity index (χ0n) is 27.5. The zero-order chi connectivity index (χ0) is 33.4. The van der Waals surface area contributed by atoms with Gasteiger partial charge in [0.25, 0.3) is 0 Å². The van der Waals surface area contributed by atoms with Crippen LogP contribution in [0.4, 0.5) is 0 Å². The predicted octanol–water partition coefficient (Wildman–Crippen LogP) is 4.24. The maximum atomic E-state index is 14.7. The smallest absolute Gasteiger partial charge is 0.313 e. The Bertz CT molecular complexity index is 1280. The molecule has 0 radical (unpaired) electrons. The number of amides is 3. The van der Waals surface area contributed by atoms with Crippen molar-refractivity contribution >= 4 is 23.7 Å². The van der Waals surface area contributed by atoms with Crippen LogP contribution in [0.2, 0.25) is 0 Å². The summed E-state index contributed by atoms with van der Waals surface area (Å²) in [6, 6.07) is 8.48. The van der Waals surface area contributed by atoms with Gasteiger partial charge < -0.3 is 29.7 Å². The van der Waals surface area contributed by atoms with Gasteiger partial charge >= 0.3 is 5.97 Å². The van der Waals surface area contributed by atoms with Crippen LogP contribution in [-0.2, 0) is 28.7 Å². The maximum absolute atomic E-state index is 14.7. The summed E-state index contributed by atoms with van der Waals surface area (Å²) in [6.07, 6.45) is 11.0. The standard InChI is InChI=1S/C37H51N3O7/c1-3-5-19-30(42)38-25-29(26-15-9-6-10-16-26)46-36(45)31-28-20-21-37(47-28)32(31)34(43)40(23-13-8-14-24-41)33(37)35(44)39(22-4-2)27-17-11-7-12-18-27/h3-4,6,9-10,15-16,27-29,31-33,41H,1-2,5,7-8,11-14,17-25H2,(H,38,42)/t28-,29-,31+,32+,33-,37+/m0/s1. The number of nitrogens with one attached hydrogen (secondary N) is 1. The number of benzene rings is 1. The number of nitrogens with zero attached hydrogens (tertiary/aromatic N) is 2. The number of fused-ring (bicyclic) bond motifs is 1. The molecule has 10 nitrogen and oxygen atoms in total. The number of aliphatic hydroxyl groups is 1. The molecule has 1 aromatic rings. The molecule has 5 rings (SSSR count). The SMILES string of the molecule is C=CCCC(=O)NC[C@H](OC(=O)[C@@H]1[C@@H]2CC[C@]3(O2)[C@H](C(=O)N(CC=C)C2CCCCC2)N(CCCCCO)C(=O)[C@@H]13)c1ccccc1. The van der Waals surface area contributed by atoms with Gasteiger partial charge in [0.1, 0.15) is 17.7 Å². The molecule has 1 aliphatic carbocycles. The van der Waals surface area contributed by atoms with E-state index >= 15 is 0 Å². The molecule has 2 bridgehead atoms. The van der Waals surface area contributed by atoms with Gasteiger partial charge in [0.05, 0.1) is 24.5 Å². The van der Waals surface area contributed by atoms with Crippen molar-refractivity contribution in [2.24, 2.45) is 11.8 Å². The highest BCUT2D eigenvalue weighted by Crippen LogP contribution is 2.59. The average Bonchev–Trinajstić information content (AvgIpc) is 3.74. The van der Waals surface area contributed by atoms with Crippen LogP contribution < -0.4 is 5.32 Å². The number of carbonyl (C=O) groups is 4. The number of esters is 1. The fourth-order valence-corrected chi connectivity index (χ4v) is 8.26. The normalized spacial score (nSPS) is 27.3. The van der Waals surface area contributed by atoms with Crippen LogP contribution >= 0.6 is 0 Å². The van der Waals surface area contributed by atoms with Crippen molar-refractivity contribution in [3.63, 3.8) is 0 Å². The number of likely N-dealkylation sites (tertiary alicyclic amines) is 1. The second-order valence-corrected chi connectivity index (χ2v) is 13.4. The van der Waals surface area contributed by atoms with E-state index in [-0.39, 0.29) is 43.3 Å². The largest absolute Gasteiger partial charge is 0.455 e. The molecule has 47 heavy (non-hydrogen) atoms. The fourth-order valence-electron chi connectivity index (χ4n) is 8.26. The van der Waals surface area contributed by atoms with Gasteiger partial charge in [-0.05, 0) is 56.9 Å². The lowest BCUT2D eigenvalue weighted by Gasteiger charge is -2.40. The van der Waals surface area contributed by atoms with E-state index in [0.29, 0.717) is 51.6 Å². The molecule has 4 fully saturated rings. The van der Waals surface area contributed by atoms with Crippen molar-refractivity contribution in [3.05, 3.63) is 61.2 Å². The summed E-state index contributed by atoms with van der Waals surface area (Å²) in [4.78, 5) is 59.2. The quantitative estimate of drug-likeness (QED) is 0.147. The van der Waals surface area contributed by atoms with E-state index in [0.717, 1.165) is 37.7 Å². The molecule has 256 valence electrons. The lowest BCUT2D eigenvalue weighted by molar-refractivity contribution is -0.160. The van der Waals surface area contributed by atoms with E-state index in [1.807, 2.05) is 35.2 Å². The molecule has 0 aromatic heterocycles. The van der Waals surface area contributed by atoms with E-state index in [1.165, 1.54) is 0 Å². The van der Waals surface area contributed by atoms with Crippen LogP contribution in [0.5, 0.6) is 0 Å². The molecule has 1 saturated carbocycles. The number of carbonyl (C=O) groups excluding carboxylic acids is 4. The van der Waals surface area contributed by atoms with Gasteiger partial charge in [-0.15, -0.1) is 13.2 Å². The third-order valence-electron chi connectivity index (χ3n) is 10.5. The number of unbranched alkanes of at least 4 members (excludes halogenated alkanes) is 2. The minimum Gasteiger partial charge on any atom is -0.455 e. The Morgan fingerprint density at radius 3 is 2.55 bits per heavy atom. The number of rotatable bonds is 17. The molecule has 3 aliphatic heterocycles. The van der Waals surface area contributed by atoms with Gasteiger partial charge in [-0.2, -0.15) is 0 Å². The molecule has 2 N–H and O–H groups in total. The average molecular weight is 650 g/mol. The van der Waals surface area contributed by atoms with Crippen LogP contribution in [0.25, 0.3) is 0 Å². The van der Waals surface area contributed by atoms with Crippen molar-refractivity contribution in [2.45, 2.75) is 107 Å². The highest BCUT2D eigenvalue weighted by Gasteiger charge is 2.75. The van der Waals surface area contributed by atoms with Crippen LogP contribution in [0, 0.1) is 11.8 Å². The molecule has 4 aliphatic rings. The van der Waals surface area contributed by atoms with Crippen LogP contribution in [0.15, 0.2) is 55.6 Å². The minimum atomic E-state index is -1.12. The Balaban J connectivity index is 1.41. The lowest BCUT2D eigenvalue weighted by atomic mass is 9.70. The summed E-state index contributed by atoms with van der Waals surface area (Å²) in [5, 5.41) is 12.2. The Hall–Kier alpha value is -3.50. The lowest BCUT2D eigenvalue weighted by Crippen LogP contribution is -2.58. The Morgan fingerprint density at radius 1 is 1.09 bits per heavy atom. The summed E-state index contributed by atoms with van der Waals surface area (Å²) < 4.78 is 12.8. The second kappa shape index (κ2) is 16.1. The van der Waals surface area contributed by atoms with E-state index < -0.39 is 41.7 Å². The van der Waals surface area contributed by atoms with Crippen molar-refractivity contribution in [3.8, 4) is 0 Å². The monoisotopic (exact) mass is 649 g/mol. The van der Waals surface area contributed by atoms with Gasteiger partial charge in [0.2, 0.25) is 17.7 Å². The molecule has 3 heterocycles. The van der Waals surface area contributed by atoms with Crippen molar-refractivity contribution in [1.29, 1.82) is 0 Å². The van der Waals surface area contributed by atoms with E-state index in [2.05, 4.69) is 18.5 Å². The third kappa shape index (κ3) is 7.33. The maximum Gasteiger partial charge on any atom is 0.313 e. The number of hydrogen-bond acceptors (Lipinski definition) is 7. The predicted molar refractivity (Wildman–Crippen MR) is 177 cm³/mol. The van der Waals surface area contributed by atoms with Gasteiger partial charge in [0.15, 0.2) is 0 Å². The minimum absolute atomic E-state index is 0.0632. The molecule has 6 atom stereocenters. The molecule has 3 amide bonds. The summed E-state index contributed by atoms with van der Waals surface area (Å²) >= 11 is 0. The first kappa shape index (κ1) is 34.8. The number of allylic oxidation sites excluding steroid dienone is 1. The zero-order valence-corrected chi connectivity index (χ0v) is 27.5. The second-order valence-electron chi connectivity index (χ2n) is 13.4.